The van der Waals surface area contributed by atoms with Gasteiger partial charge in [0.25, 0.3) is 0 Å². The van der Waals surface area contributed by atoms with E-state index in [1.54, 1.807) is 24.3 Å². The zero-order valence-corrected chi connectivity index (χ0v) is 14.9. The second-order valence-electron chi connectivity index (χ2n) is 5.44. The maximum absolute atomic E-state index is 12.3. The van der Waals surface area contributed by atoms with Crippen LogP contribution in [-0.2, 0) is 14.6 Å². The van der Waals surface area contributed by atoms with Gasteiger partial charge in [0.2, 0.25) is 5.78 Å². The molecule has 0 aromatic heterocycles. The normalized spacial score (nSPS) is 12.3. The first kappa shape index (κ1) is 18.7. The monoisotopic (exact) mass is 362 g/mol. The van der Waals surface area contributed by atoms with Crippen LogP contribution in [0.4, 0.5) is 0 Å². The Morgan fingerprint density at radius 1 is 1.00 bits per heavy atom. The molecule has 6 nitrogen and oxygen atoms in total. The summed E-state index contributed by atoms with van der Waals surface area (Å²) in [6.07, 6.45) is 0.0376. The van der Waals surface area contributed by atoms with Gasteiger partial charge in [-0.2, -0.15) is 0 Å². The topological polar surface area (TPSA) is 86.7 Å². The third-order valence-electron chi connectivity index (χ3n) is 3.53. The minimum absolute atomic E-state index is 0.0103. The first-order valence-corrected chi connectivity index (χ1v) is 9.31. The summed E-state index contributed by atoms with van der Waals surface area (Å²) in [5, 5.41) is 0. The summed E-state index contributed by atoms with van der Waals surface area (Å²) in [4.78, 5) is 24.5. The highest BCUT2D eigenvalue weighted by atomic mass is 32.2. The number of methoxy groups -OCH3 is 1. The molecule has 0 unspecified atom stereocenters. The number of esters is 1. The van der Waals surface area contributed by atoms with Gasteiger partial charge in [-0.15, -0.1) is 0 Å². The third-order valence-corrected chi connectivity index (χ3v) is 4.64. The fourth-order valence-corrected chi connectivity index (χ4v) is 2.79. The molecule has 0 aliphatic carbocycles. The van der Waals surface area contributed by atoms with Crippen molar-refractivity contribution in [3.8, 4) is 5.75 Å². The minimum Gasteiger partial charge on any atom is -0.497 e. The molecule has 0 radical (unpaired) electrons. The van der Waals surface area contributed by atoms with Gasteiger partial charge < -0.3 is 9.47 Å². The molecule has 1 atom stereocenters. The van der Waals surface area contributed by atoms with Crippen LogP contribution in [0.3, 0.4) is 0 Å². The van der Waals surface area contributed by atoms with Crippen LogP contribution in [0.5, 0.6) is 5.75 Å². The molecule has 0 saturated carbocycles. The van der Waals surface area contributed by atoms with Crippen LogP contribution in [0.15, 0.2) is 53.4 Å². The highest BCUT2D eigenvalue weighted by molar-refractivity contribution is 7.90. The Bertz CT molecular complexity index is 884. The van der Waals surface area contributed by atoms with Crippen molar-refractivity contribution in [3.05, 3.63) is 59.7 Å². The van der Waals surface area contributed by atoms with E-state index in [-0.39, 0.29) is 16.2 Å². The van der Waals surface area contributed by atoms with E-state index in [9.17, 15) is 18.0 Å². The SMILES string of the molecule is COc1ccc(C(=O)[C@H](C)OC(=O)c2cccc(S(C)(=O)=O)c2)cc1. The van der Waals surface area contributed by atoms with Crippen molar-refractivity contribution in [1.29, 1.82) is 0 Å². The number of ketones is 1. The standard InChI is InChI=1S/C18H18O6S/c1-12(17(19)13-7-9-15(23-2)10-8-13)24-18(20)14-5-4-6-16(11-14)25(3,21)22/h4-12H,1-3H3/t12-/m0/s1. The number of carbonyl (C=O) groups is 2. The molecule has 2 aromatic carbocycles. The zero-order valence-electron chi connectivity index (χ0n) is 14.1. The maximum atomic E-state index is 12.3. The van der Waals surface area contributed by atoms with E-state index in [0.29, 0.717) is 11.3 Å². The van der Waals surface area contributed by atoms with Crippen molar-refractivity contribution in [1.82, 2.24) is 0 Å². The lowest BCUT2D eigenvalue weighted by Crippen LogP contribution is -2.24. The molecule has 0 heterocycles. The van der Waals surface area contributed by atoms with Crippen LogP contribution in [0.25, 0.3) is 0 Å². The first-order chi connectivity index (χ1) is 11.7. The van der Waals surface area contributed by atoms with Gasteiger partial charge in [0.15, 0.2) is 15.9 Å². The Balaban J connectivity index is 2.12. The molecular weight excluding hydrogens is 344 g/mol. The molecule has 0 amide bonds. The lowest BCUT2D eigenvalue weighted by molar-refractivity contribution is 0.0318. The largest absolute Gasteiger partial charge is 0.497 e. The smallest absolute Gasteiger partial charge is 0.338 e. The van der Waals surface area contributed by atoms with Gasteiger partial charge in [0, 0.05) is 11.8 Å². The highest BCUT2D eigenvalue weighted by Crippen LogP contribution is 2.16. The molecule has 2 aromatic rings. The second kappa shape index (κ2) is 7.48. The van der Waals surface area contributed by atoms with Gasteiger partial charge in [-0.1, -0.05) is 6.07 Å². The van der Waals surface area contributed by atoms with Crippen molar-refractivity contribution in [3.63, 3.8) is 0 Å². The maximum Gasteiger partial charge on any atom is 0.338 e. The average Bonchev–Trinajstić information content (AvgIpc) is 2.60. The van der Waals surface area contributed by atoms with Gasteiger partial charge in [-0.3, -0.25) is 4.79 Å². The molecule has 0 spiro atoms. The van der Waals surface area contributed by atoms with Crippen molar-refractivity contribution in [2.75, 3.05) is 13.4 Å². The third kappa shape index (κ3) is 4.67. The molecule has 0 bridgehead atoms. The number of Topliss-reactive ketones (excluding diaryl/α,β-unsaturated/α-hetero) is 1. The van der Waals surface area contributed by atoms with E-state index in [1.165, 1.54) is 38.3 Å². The Morgan fingerprint density at radius 3 is 2.20 bits per heavy atom. The lowest BCUT2D eigenvalue weighted by Gasteiger charge is -2.13. The van der Waals surface area contributed by atoms with Gasteiger partial charge in [-0.25, -0.2) is 13.2 Å². The lowest BCUT2D eigenvalue weighted by atomic mass is 10.1. The van der Waals surface area contributed by atoms with E-state index >= 15 is 0 Å². The summed E-state index contributed by atoms with van der Waals surface area (Å²) in [5.74, 6) is -0.520. The Hall–Kier alpha value is -2.67. The van der Waals surface area contributed by atoms with Gasteiger partial charge in [0.1, 0.15) is 5.75 Å². The number of sulfone groups is 1. The molecule has 7 heteroatoms. The summed E-state index contributed by atoms with van der Waals surface area (Å²) in [7, 11) is -1.92. The Kier molecular flexibility index (Phi) is 5.58. The molecule has 2 rings (SSSR count). The van der Waals surface area contributed by atoms with Crippen molar-refractivity contribution in [2.24, 2.45) is 0 Å². The fourth-order valence-electron chi connectivity index (χ4n) is 2.13. The number of hydrogen-bond acceptors (Lipinski definition) is 6. The predicted octanol–water partition coefficient (Wildman–Crippen LogP) is 2.53. The second-order valence-corrected chi connectivity index (χ2v) is 7.46. The molecule has 0 N–H and O–H groups in total. The van der Waals surface area contributed by atoms with Gasteiger partial charge in [-0.05, 0) is 49.4 Å². The van der Waals surface area contributed by atoms with E-state index in [2.05, 4.69) is 0 Å². The number of carbonyl (C=O) groups excluding carboxylic acids is 2. The fraction of sp³-hybridized carbons (Fsp3) is 0.222. The Morgan fingerprint density at radius 2 is 1.64 bits per heavy atom. The van der Waals surface area contributed by atoms with E-state index in [4.69, 9.17) is 9.47 Å². The van der Waals surface area contributed by atoms with E-state index in [1.807, 2.05) is 0 Å². The van der Waals surface area contributed by atoms with Crippen LogP contribution >= 0.6 is 0 Å². The molecule has 132 valence electrons. The summed E-state index contributed by atoms with van der Waals surface area (Å²) in [5.41, 5.74) is 0.447. The molecule has 25 heavy (non-hydrogen) atoms. The quantitative estimate of drug-likeness (QED) is 0.580. The number of ether oxygens (including phenoxy) is 2. The summed E-state index contributed by atoms with van der Waals surface area (Å²) >= 11 is 0. The first-order valence-electron chi connectivity index (χ1n) is 7.41. The zero-order chi connectivity index (χ0) is 18.6. The Labute approximate surface area is 146 Å². The number of hydrogen-bond donors (Lipinski definition) is 0. The average molecular weight is 362 g/mol. The van der Waals surface area contributed by atoms with Crippen LogP contribution in [0, 0.1) is 0 Å². The van der Waals surface area contributed by atoms with Gasteiger partial charge in [0.05, 0.1) is 17.6 Å². The van der Waals surface area contributed by atoms with Crippen LogP contribution in [-0.4, -0.2) is 39.6 Å². The summed E-state index contributed by atoms with van der Waals surface area (Å²) in [6, 6.07) is 11.9. The van der Waals surface area contributed by atoms with Crippen molar-refractivity contribution in [2.45, 2.75) is 17.9 Å². The van der Waals surface area contributed by atoms with E-state index in [0.717, 1.165) is 6.26 Å². The minimum atomic E-state index is -3.44. The summed E-state index contributed by atoms with van der Waals surface area (Å²) < 4.78 is 33.3. The highest BCUT2D eigenvalue weighted by Gasteiger charge is 2.21. The molecule has 0 saturated heterocycles. The molecule has 0 fully saturated rings. The van der Waals surface area contributed by atoms with Gasteiger partial charge >= 0.3 is 5.97 Å². The summed E-state index contributed by atoms with van der Waals surface area (Å²) in [6.45, 7) is 1.46. The van der Waals surface area contributed by atoms with E-state index < -0.39 is 21.9 Å². The van der Waals surface area contributed by atoms with Crippen molar-refractivity contribution >= 4 is 21.6 Å². The van der Waals surface area contributed by atoms with Crippen molar-refractivity contribution < 1.29 is 27.5 Å². The molecule has 0 aliphatic heterocycles. The molecular formula is C18H18O6S. The predicted molar refractivity (Wildman–Crippen MR) is 91.8 cm³/mol. The molecule has 0 aliphatic rings. The number of rotatable bonds is 6. The van der Waals surface area contributed by atoms with Crippen LogP contribution in [0.1, 0.15) is 27.6 Å². The number of benzene rings is 2. The van der Waals surface area contributed by atoms with Crippen LogP contribution in [0.2, 0.25) is 0 Å². The van der Waals surface area contributed by atoms with Crippen LogP contribution < -0.4 is 4.74 Å².